The molecule has 0 bridgehead atoms. The van der Waals surface area contributed by atoms with E-state index in [0.717, 1.165) is 25.3 Å². The number of rotatable bonds is 3. The first-order valence-corrected chi connectivity index (χ1v) is 6.44. The van der Waals surface area contributed by atoms with Gasteiger partial charge in [0, 0.05) is 37.6 Å². The van der Waals surface area contributed by atoms with Crippen molar-refractivity contribution in [1.82, 2.24) is 14.9 Å². The molecule has 18 heavy (non-hydrogen) atoms. The molecule has 3 rings (SSSR count). The fourth-order valence-electron chi connectivity index (χ4n) is 2.58. The van der Waals surface area contributed by atoms with Crippen molar-refractivity contribution in [3.05, 3.63) is 60.2 Å². The maximum atomic E-state index is 4.41. The fraction of sp³-hybridized carbons (Fsp3) is 0.333. The van der Waals surface area contributed by atoms with E-state index in [9.17, 15) is 0 Å². The first-order valence-electron chi connectivity index (χ1n) is 6.44. The minimum Gasteiger partial charge on any atom is -0.298 e. The SMILES string of the molecule is c1ccc(CN2CCC(c3cnccn3)C2)cc1. The Balaban J connectivity index is 1.62. The topological polar surface area (TPSA) is 29.0 Å². The summed E-state index contributed by atoms with van der Waals surface area (Å²) in [5, 5.41) is 0. The van der Waals surface area contributed by atoms with Gasteiger partial charge < -0.3 is 0 Å². The molecule has 0 aliphatic carbocycles. The average Bonchev–Trinajstić information content (AvgIpc) is 2.89. The summed E-state index contributed by atoms with van der Waals surface area (Å²) >= 11 is 0. The van der Waals surface area contributed by atoms with E-state index in [-0.39, 0.29) is 0 Å². The molecule has 0 amide bonds. The van der Waals surface area contributed by atoms with Crippen LogP contribution in [0.5, 0.6) is 0 Å². The maximum Gasteiger partial charge on any atom is 0.0630 e. The van der Waals surface area contributed by atoms with Crippen LogP contribution in [0.25, 0.3) is 0 Å². The molecule has 0 radical (unpaired) electrons. The second-order valence-electron chi connectivity index (χ2n) is 4.84. The van der Waals surface area contributed by atoms with Gasteiger partial charge in [0.1, 0.15) is 0 Å². The highest BCUT2D eigenvalue weighted by atomic mass is 15.1. The van der Waals surface area contributed by atoms with Crippen molar-refractivity contribution in [2.24, 2.45) is 0 Å². The molecular formula is C15H17N3. The third kappa shape index (κ3) is 2.57. The molecule has 0 spiro atoms. The zero-order valence-corrected chi connectivity index (χ0v) is 10.4. The van der Waals surface area contributed by atoms with Crippen molar-refractivity contribution in [3.63, 3.8) is 0 Å². The van der Waals surface area contributed by atoms with Gasteiger partial charge in [-0.05, 0) is 18.5 Å². The molecule has 0 saturated carbocycles. The minimum atomic E-state index is 0.544. The number of aromatic nitrogens is 2. The zero-order chi connectivity index (χ0) is 12.2. The quantitative estimate of drug-likeness (QED) is 0.824. The van der Waals surface area contributed by atoms with Gasteiger partial charge in [-0.15, -0.1) is 0 Å². The summed E-state index contributed by atoms with van der Waals surface area (Å²) in [6.45, 7) is 3.28. The van der Waals surface area contributed by atoms with Crippen molar-refractivity contribution < 1.29 is 0 Å². The van der Waals surface area contributed by atoms with Crippen LogP contribution in [0.2, 0.25) is 0 Å². The molecule has 1 aliphatic rings. The van der Waals surface area contributed by atoms with Crippen LogP contribution in [0.4, 0.5) is 0 Å². The van der Waals surface area contributed by atoms with Gasteiger partial charge in [0.25, 0.3) is 0 Å². The minimum absolute atomic E-state index is 0.544. The number of hydrogen-bond acceptors (Lipinski definition) is 3. The lowest BCUT2D eigenvalue weighted by atomic mass is 10.1. The highest BCUT2D eigenvalue weighted by Crippen LogP contribution is 2.26. The predicted molar refractivity (Wildman–Crippen MR) is 71.1 cm³/mol. The average molecular weight is 239 g/mol. The molecule has 0 N–H and O–H groups in total. The molecule has 3 heteroatoms. The first kappa shape index (κ1) is 11.4. The highest BCUT2D eigenvalue weighted by molar-refractivity contribution is 5.15. The molecule has 1 aromatic heterocycles. The number of nitrogens with zero attached hydrogens (tertiary/aromatic N) is 3. The molecule has 1 aromatic carbocycles. The molecule has 1 aliphatic heterocycles. The van der Waals surface area contributed by atoms with E-state index in [1.165, 1.54) is 12.0 Å². The first-order chi connectivity index (χ1) is 8.92. The van der Waals surface area contributed by atoms with E-state index in [1.807, 2.05) is 6.20 Å². The molecule has 1 atom stereocenters. The molecule has 92 valence electrons. The van der Waals surface area contributed by atoms with Gasteiger partial charge in [-0.3, -0.25) is 14.9 Å². The van der Waals surface area contributed by atoms with Crippen molar-refractivity contribution in [2.45, 2.75) is 18.9 Å². The maximum absolute atomic E-state index is 4.41. The summed E-state index contributed by atoms with van der Waals surface area (Å²) in [5.41, 5.74) is 2.52. The van der Waals surface area contributed by atoms with E-state index in [2.05, 4.69) is 45.2 Å². The van der Waals surface area contributed by atoms with Crippen molar-refractivity contribution in [3.8, 4) is 0 Å². The lowest BCUT2D eigenvalue weighted by Gasteiger charge is -2.15. The molecular weight excluding hydrogens is 222 g/mol. The highest BCUT2D eigenvalue weighted by Gasteiger charge is 2.24. The Bertz CT molecular complexity index is 484. The van der Waals surface area contributed by atoms with Crippen LogP contribution in [0, 0.1) is 0 Å². The summed E-state index contributed by atoms with van der Waals surface area (Å²) in [4.78, 5) is 11.1. The van der Waals surface area contributed by atoms with E-state index in [0.29, 0.717) is 5.92 Å². The van der Waals surface area contributed by atoms with Gasteiger partial charge in [-0.25, -0.2) is 0 Å². The molecule has 1 unspecified atom stereocenters. The predicted octanol–water partition coefficient (Wildman–Crippen LogP) is 2.47. The summed E-state index contributed by atoms with van der Waals surface area (Å²) in [6, 6.07) is 10.7. The van der Waals surface area contributed by atoms with Gasteiger partial charge in [0.2, 0.25) is 0 Å². The normalized spacial score (nSPS) is 20.1. The molecule has 1 saturated heterocycles. The lowest BCUT2D eigenvalue weighted by molar-refractivity contribution is 0.326. The Labute approximate surface area is 108 Å². The van der Waals surface area contributed by atoms with Crippen LogP contribution in [0.1, 0.15) is 23.6 Å². The van der Waals surface area contributed by atoms with Crippen LogP contribution in [-0.2, 0) is 6.54 Å². The summed E-state index contributed by atoms with van der Waals surface area (Å²) < 4.78 is 0. The van der Waals surface area contributed by atoms with E-state index in [1.54, 1.807) is 12.4 Å². The second-order valence-corrected chi connectivity index (χ2v) is 4.84. The summed E-state index contributed by atoms with van der Waals surface area (Å²) in [6.07, 6.45) is 6.61. The van der Waals surface area contributed by atoms with E-state index in [4.69, 9.17) is 0 Å². The Morgan fingerprint density at radius 3 is 2.83 bits per heavy atom. The van der Waals surface area contributed by atoms with Crippen molar-refractivity contribution in [1.29, 1.82) is 0 Å². The Hall–Kier alpha value is -1.74. The van der Waals surface area contributed by atoms with Crippen LogP contribution in [-0.4, -0.2) is 28.0 Å². The largest absolute Gasteiger partial charge is 0.298 e. The fourth-order valence-corrected chi connectivity index (χ4v) is 2.58. The van der Waals surface area contributed by atoms with Gasteiger partial charge in [0.05, 0.1) is 5.69 Å². The Kier molecular flexibility index (Phi) is 3.33. The zero-order valence-electron chi connectivity index (χ0n) is 10.4. The second kappa shape index (κ2) is 5.27. The number of benzene rings is 1. The molecule has 2 aromatic rings. The smallest absolute Gasteiger partial charge is 0.0630 e. The molecule has 2 heterocycles. The molecule has 1 fully saturated rings. The standard InChI is InChI=1S/C15H17N3/c1-2-4-13(5-3-1)11-18-9-6-14(12-18)15-10-16-7-8-17-15/h1-5,7-8,10,14H,6,9,11-12H2. The Morgan fingerprint density at radius 2 is 2.06 bits per heavy atom. The van der Waals surface area contributed by atoms with Crippen LogP contribution in [0.15, 0.2) is 48.9 Å². The van der Waals surface area contributed by atoms with Gasteiger partial charge in [0.15, 0.2) is 0 Å². The third-order valence-corrected chi connectivity index (χ3v) is 3.52. The van der Waals surface area contributed by atoms with Gasteiger partial charge in [-0.1, -0.05) is 30.3 Å². The van der Waals surface area contributed by atoms with Crippen molar-refractivity contribution >= 4 is 0 Å². The Morgan fingerprint density at radius 1 is 1.17 bits per heavy atom. The number of likely N-dealkylation sites (tertiary alicyclic amines) is 1. The van der Waals surface area contributed by atoms with Crippen molar-refractivity contribution in [2.75, 3.05) is 13.1 Å². The van der Waals surface area contributed by atoms with Crippen LogP contribution < -0.4 is 0 Å². The lowest BCUT2D eigenvalue weighted by Crippen LogP contribution is -2.19. The van der Waals surface area contributed by atoms with Gasteiger partial charge in [-0.2, -0.15) is 0 Å². The molecule has 3 nitrogen and oxygen atoms in total. The third-order valence-electron chi connectivity index (χ3n) is 3.52. The number of hydrogen-bond donors (Lipinski definition) is 0. The van der Waals surface area contributed by atoms with Crippen LogP contribution >= 0.6 is 0 Å². The monoisotopic (exact) mass is 239 g/mol. The summed E-state index contributed by atoms with van der Waals surface area (Å²) in [5.74, 6) is 0.544. The van der Waals surface area contributed by atoms with Crippen LogP contribution in [0.3, 0.4) is 0 Å². The summed E-state index contributed by atoms with van der Waals surface area (Å²) in [7, 11) is 0. The van der Waals surface area contributed by atoms with E-state index >= 15 is 0 Å². The van der Waals surface area contributed by atoms with E-state index < -0.39 is 0 Å². The van der Waals surface area contributed by atoms with Gasteiger partial charge >= 0.3 is 0 Å².